The molecule has 0 fully saturated rings. The maximum atomic E-state index is 12.9. The van der Waals surface area contributed by atoms with Gasteiger partial charge in [-0.1, -0.05) is 23.7 Å². The summed E-state index contributed by atoms with van der Waals surface area (Å²) < 4.78 is 6.38. The molecule has 0 aliphatic rings. The number of amides is 2. The number of hydrogen-bond donors (Lipinski definition) is 1. The lowest BCUT2D eigenvalue weighted by Crippen LogP contribution is -2.27. The van der Waals surface area contributed by atoms with Crippen LogP contribution < -0.4 is 10.2 Å². The number of benzene rings is 1. The van der Waals surface area contributed by atoms with Crippen molar-refractivity contribution in [2.45, 2.75) is 0 Å². The van der Waals surface area contributed by atoms with Crippen molar-refractivity contribution in [2.24, 2.45) is 0 Å². The predicted molar refractivity (Wildman–Crippen MR) is 116 cm³/mol. The first kappa shape index (κ1) is 20.3. The molecule has 3 heterocycles. The molecule has 0 aliphatic carbocycles. The second-order valence-corrected chi connectivity index (χ2v) is 6.93. The second kappa shape index (κ2) is 8.41. The number of aromatic nitrogens is 4. The third-order valence-electron chi connectivity index (χ3n) is 4.63. The van der Waals surface area contributed by atoms with Crippen molar-refractivity contribution in [1.82, 2.24) is 19.4 Å². The van der Waals surface area contributed by atoms with Crippen LogP contribution in [0, 0.1) is 0 Å². The van der Waals surface area contributed by atoms with Gasteiger partial charge in [0.1, 0.15) is 10.8 Å². The maximum Gasteiger partial charge on any atom is 0.411 e. The number of ether oxygens (including phenoxy) is 1. The van der Waals surface area contributed by atoms with Gasteiger partial charge in [0.25, 0.3) is 5.91 Å². The van der Waals surface area contributed by atoms with Gasteiger partial charge >= 0.3 is 6.09 Å². The topological polar surface area (TPSA) is 102 Å². The second-order valence-electron chi connectivity index (χ2n) is 6.54. The van der Waals surface area contributed by atoms with E-state index in [1.165, 1.54) is 24.4 Å². The number of nitrogens with zero attached hydrogens (tertiary/aromatic N) is 5. The van der Waals surface area contributed by atoms with Crippen molar-refractivity contribution >= 4 is 40.6 Å². The molecule has 1 N–H and O–H groups in total. The van der Waals surface area contributed by atoms with E-state index in [1.54, 1.807) is 48.1 Å². The first-order chi connectivity index (χ1) is 15.0. The van der Waals surface area contributed by atoms with Crippen molar-refractivity contribution in [3.63, 3.8) is 0 Å². The van der Waals surface area contributed by atoms with Crippen LogP contribution in [-0.4, -0.2) is 45.5 Å². The van der Waals surface area contributed by atoms with E-state index >= 15 is 0 Å². The molecule has 0 spiro atoms. The van der Waals surface area contributed by atoms with Gasteiger partial charge in [0.2, 0.25) is 0 Å². The number of carbonyl (C=O) groups is 2. The molecule has 4 rings (SSSR count). The number of anilines is 2. The SMILES string of the molecule is COC(=O)Nc1ccc(-c2cnc3cnc(C(=O)N(C)c4ccc(Cl)nc4)cn23)cc1. The van der Waals surface area contributed by atoms with Crippen LogP contribution in [0.5, 0.6) is 0 Å². The molecule has 9 nitrogen and oxygen atoms in total. The quantitative estimate of drug-likeness (QED) is 0.487. The first-order valence-corrected chi connectivity index (χ1v) is 9.52. The minimum atomic E-state index is -0.545. The Morgan fingerprint density at radius 1 is 1.03 bits per heavy atom. The van der Waals surface area contributed by atoms with Crippen LogP contribution in [0.2, 0.25) is 5.15 Å². The number of fused-ring (bicyclic) bond motifs is 1. The highest BCUT2D eigenvalue weighted by Crippen LogP contribution is 2.23. The molecule has 10 heteroatoms. The summed E-state index contributed by atoms with van der Waals surface area (Å²) in [6.07, 6.45) is 5.85. The maximum absolute atomic E-state index is 12.9. The van der Waals surface area contributed by atoms with E-state index in [0.29, 0.717) is 22.2 Å². The molecule has 4 aromatic rings. The summed E-state index contributed by atoms with van der Waals surface area (Å²) in [6.45, 7) is 0. The summed E-state index contributed by atoms with van der Waals surface area (Å²) in [6, 6.07) is 10.5. The Hall–Kier alpha value is -3.98. The summed E-state index contributed by atoms with van der Waals surface area (Å²) in [5.41, 5.74) is 3.65. The molecule has 31 heavy (non-hydrogen) atoms. The minimum absolute atomic E-state index is 0.244. The highest BCUT2D eigenvalue weighted by molar-refractivity contribution is 6.29. The standard InChI is InChI=1S/C21H17ClN6O3/c1-27(15-7-8-18(22)24-9-15)20(29)16-12-28-17(10-25-19(28)11-23-16)13-3-5-14(6-4-13)26-21(30)31-2/h3-12H,1-2H3,(H,26,30). The third-order valence-corrected chi connectivity index (χ3v) is 4.85. The van der Waals surface area contributed by atoms with E-state index in [9.17, 15) is 9.59 Å². The summed E-state index contributed by atoms with van der Waals surface area (Å²) in [7, 11) is 2.94. The first-order valence-electron chi connectivity index (χ1n) is 9.14. The third kappa shape index (κ3) is 4.17. The van der Waals surface area contributed by atoms with Gasteiger partial charge < -0.3 is 9.64 Å². The zero-order valence-corrected chi connectivity index (χ0v) is 17.4. The summed E-state index contributed by atoms with van der Waals surface area (Å²) in [5, 5.41) is 2.95. The molecule has 0 saturated carbocycles. The van der Waals surface area contributed by atoms with Crippen molar-refractivity contribution in [3.05, 3.63) is 72.0 Å². The molecule has 0 unspecified atom stereocenters. The van der Waals surface area contributed by atoms with Crippen molar-refractivity contribution in [2.75, 3.05) is 24.4 Å². The van der Waals surface area contributed by atoms with Crippen LogP contribution in [0.4, 0.5) is 16.2 Å². The zero-order valence-electron chi connectivity index (χ0n) is 16.6. The smallest absolute Gasteiger partial charge is 0.411 e. The van der Waals surface area contributed by atoms with Gasteiger partial charge in [-0.3, -0.25) is 14.5 Å². The molecule has 0 aliphatic heterocycles. The van der Waals surface area contributed by atoms with Gasteiger partial charge in [-0.25, -0.2) is 19.7 Å². The number of carbonyl (C=O) groups excluding carboxylic acids is 2. The minimum Gasteiger partial charge on any atom is -0.453 e. The molecule has 2 amide bonds. The van der Waals surface area contributed by atoms with Crippen LogP contribution in [0.15, 0.2) is 61.2 Å². The van der Waals surface area contributed by atoms with Crippen molar-refractivity contribution in [1.29, 1.82) is 0 Å². The Morgan fingerprint density at radius 3 is 2.48 bits per heavy atom. The van der Waals surface area contributed by atoms with Gasteiger partial charge in [0.15, 0.2) is 5.65 Å². The summed E-state index contributed by atoms with van der Waals surface area (Å²) >= 11 is 5.82. The Kier molecular flexibility index (Phi) is 5.50. The van der Waals surface area contributed by atoms with Crippen molar-refractivity contribution < 1.29 is 14.3 Å². The lowest BCUT2D eigenvalue weighted by atomic mass is 10.1. The lowest BCUT2D eigenvalue weighted by molar-refractivity contribution is 0.0987. The van der Waals surface area contributed by atoms with E-state index < -0.39 is 6.09 Å². The van der Waals surface area contributed by atoms with Gasteiger partial charge in [-0.15, -0.1) is 0 Å². The van der Waals surface area contributed by atoms with Crippen LogP contribution in [0.3, 0.4) is 0 Å². The molecule has 156 valence electrons. The Morgan fingerprint density at radius 2 is 1.81 bits per heavy atom. The highest BCUT2D eigenvalue weighted by Gasteiger charge is 2.17. The summed E-state index contributed by atoms with van der Waals surface area (Å²) in [5.74, 6) is -0.303. The number of halogens is 1. The fourth-order valence-electron chi connectivity index (χ4n) is 2.96. The average Bonchev–Trinajstić information content (AvgIpc) is 3.22. The monoisotopic (exact) mass is 436 g/mol. The Balaban J connectivity index is 1.64. The number of rotatable bonds is 4. The lowest BCUT2D eigenvalue weighted by Gasteiger charge is -2.16. The van der Waals surface area contributed by atoms with Crippen LogP contribution in [0.25, 0.3) is 16.9 Å². The van der Waals surface area contributed by atoms with E-state index in [4.69, 9.17) is 11.6 Å². The molecular formula is C21H17ClN6O3. The van der Waals surface area contributed by atoms with Crippen molar-refractivity contribution in [3.8, 4) is 11.3 Å². The zero-order chi connectivity index (χ0) is 22.0. The molecule has 0 atom stereocenters. The van der Waals surface area contributed by atoms with E-state index in [2.05, 4.69) is 25.0 Å². The normalized spacial score (nSPS) is 10.7. The van der Waals surface area contributed by atoms with Gasteiger partial charge in [-0.2, -0.15) is 0 Å². The number of methoxy groups -OCH3 is 1. The Bertz CT molecular complexity index is 1250. The number of imidazole rings is 1. The van der Waals surface area contributed by atoms with E-state index in [0.717, 1.165) is 11.3 Å². The van der Waals surface area contributed by atoms with Gasteiger partial charge in [-0.05, 0) is 24.3 Å². The number of nitrogens with one attached hydrogen (secondary N) is 1. The molecule has 3 aromatic heterocycles. The number of pyridine rings is 1. The van der Waals surface area contributed by atoms with Crippen LogP contribution in [-0.2, 0) is 4.74 Å². The fraction of sp³-hybridized carbons (Fsp3) is 0.0952. The molecule has 0 saturated heterocycles. The predicted octanol–water partition coefficient (Wildman–Crippen LogP) is 3.90. The highest BCUT2D eigenvalue weighted by atomic mass is 35.5. The fourth-order valence-corrected chi connectivity index (χ4v) is 3.07. The molecular weight excluding hydrogens is 420 g/mol. The van der Waals surface area contributed by atoms with Crippen LogP contribution in [0.1, 0.15) is 10.5 Å². The van der Waals surface area contributed by atoms with Crippen LogP contribution >= 0.6 is 11.6 Å². The van der Waals surface area contributed by atoms with Gasteiger partial charge in [0, 0.05) is 24.5 Å². The average molecular weight is 437 g/mol. The largest absolute Gasteiger partial charge is 0.453 e. The van der Waals surface area contributed by atoms with E-state index in [1.807, 2.05) is 12.1 Å². The molecule has 0 bridgehead atoms. The molecule has 1 aromatic carbocycles. The molecule has 0 radical (unpaired) electrons. The van der Waals surface area contributed by atoms with E-state index in [-0.39, 0.29) is 11.6 Å². The summed E-state index contributed by atoms with van der Waals surface area (Å²) in [4.78, 5) is 38.3. The van der Waals surface area contributed by atoms with Gasteiger partial charge in [0.05, 0.1) is 37.1 Å². The number of hydrogen-bond acceptors (Lipinski definition) is 6. The Labute approximate surface area is 182 Å².